The maximum Gasteiger partial charge on any atom is 0.0692 e. The zero-order valence-corrected chi connectivity index (χ0v) is 9.63. The molecule has 84 valence electrons. The van der Waals surface area contributed by atoms with Gasteiger partial charge in [0.15, 0.2) is 0 Å². The van der Waals surface area contributed by atoms with E-state index in [-0.39, 0.29) is 0 Å². The van der Waals surface area contributed by atoms with Crippen LogP contribution in [0.4, 0.5) is 5.69 Å². The molecule has 0 bridgehead atoms. The van der Waals surface area contributed by atoms with Gasteiger partial charge in [-0.2, -0.15) is 0 Å². The Hall–Kier alpha value is -1.19. The van der Waals surface area contributed by atoms with Crippen molar-refractivity contribution >= 4 is 28.2 Å². The predicted octanol–water partition coefficient (Wildman–Crippen LogP) is 2.66. The Kier molecular flexibility index (Phi) is 2.50. The van der Waals surface area contributed by atoms with Gasteiger partial charge in [-0.1, -0.05) is 11.6 Å². The standard InChI is InChI=1S/C12H13ClN2O/c13-10-7-9-1-2-14-12(9)11(8-10)15-3-5-16-6-4-15/h1-2,7-8,14H,3-6H2. The summed E-state index contributed by atoms with van der Waals surface area (Å²) in [7, 11) is 0. The van der Waals surface area contributed by atoms with Gasteiger partial charge >= 0.3 is 0 Å². The van der Waals surface area contributed by atoms with E-state index in [0.29, 0.717) is 0 Å². The van der Waals surface area contributed by atoms with Crippen LogP contribution in [0.2, 0.25) is 5.02 Å². The Balaban J connectivity index is 2.09. The van der Waals surface area contributed by atoms with Gasteiger partial charge in [0, 0.05) is 29.7 Å². The summed E-state index contributed by atoms with van der Waals surface area (Å²) in [6.07, 6.45) is 1.95. The fourth-order valence-electron chi connectivity index (χ4n) is 2.17. The highest BCUT2D eigenvalue weighted by molar-refractivity contribution is 6.31. The Morgan fingerprint density at radius 3 is 2.88 bits per heavy atom. The van der Waals surface area contributed by atoms with E-state index in [2.05, 4.69) is 9.88 Å². The average Bonchev–Trinajstić information content (AvgIpc) is 2.77. The Morgan fingerprint density at radius 2 is 2.06 bits per heavy atom. The summed E-state index contributed by atoms with van der Waals surface area (Å²) in [5, 5.41) is 1.95. The van der Waals surface area contributed by atoms with E-state index in [1.165, 1.54) is 5.69 Å². The second-order valence-corrected chi connectivity index (χ2v) is 4.40. The number of aromatic nitrogens is 1. The molecule has 1 fully saturated rings. The molecule has 0 spiro atoms. The van der Waals surface area contributed by atoms with E-state index in [4.69, 9.17) is 16.3 Å². The minimum atomic E-state index is 0.786. The summed E-state index contributed by atoms with van der Waals surface area (Å²) < 4.78 is 5.36. The molecule has 16 heavy (non-hydrogen) atoms. The van der Waals surface area contributed by atoms with Crippen LogP contribution in [0.3, 0.4) is 0 Å². The quantitative estimate of drug-likeness (QED) is 0.825. The van der Waals surface area contributed by atoms with E-state index in [9.17, 15) is 0 Å². The van der Waals surface area contributed by atoms with Crippen LogP contribution in [0.1, 0.15) is 0 Å². The number of nitrogens with zero attached hydrogens (tertiary/aromatic N) is 1. The molecule has 3 nitrogen and oxygen atoms in total. The minimum Gasteiger partial charge on any atom is -0.378 e. The predicted molar refractivity (Wildman–Crippen MR) is 66.3 cm³/mol. The van der Waals surface area contributed by atoms with Crippen LogP contribution >= 0.6 is 11.6 Å². The van der Waals surface area contributed by atoms with Crippen molar-refractivity contribution in [2.24, 2.45) is 0 Å². The van der Waals surface area contributed by atoms with Gasteiger partial charge < -0.3 is 14.6 Å². The summed E-state index contributed by atoms with van der Waals surface area (Å²) in [5.74, 6) is 0. The first-order chi connectivity index (χ1) is 7.84. The minimum absolute atomic E-state index is 0.786. The van der Waals surface area contributed by atoms with Gasteiger partial charge in [-0.15, -0.1) is 0 Å². The number of H-pyrrole nitrogens is 1. The second-order valence-electron chi connectivity index (χ2n) is 3.97. The van der Waals surface area contributed by atoms with Crippen LogP contribution in [0.5, 0.6) is 0 Å². The molecule has 0 amide bonds. The normalized spacial score (nSPS) is 16.9. The maximum atomic E-state index is 6.13. The highest BCUT2D eigenvalue weighted by atomic mass is 35.5. The smallest absolute Gasteiger partial charge is 0.0692 e. The summed E-state index contributed by atoms with van der Waals surface area (Å²) in [5.41, 5.74) is 2.34. The number of rotatable bonds is 1. The van der Waals surface area contributed by atoms with Crippen LogP contribution in [-0.4, -0.2) is 31.3 Å². The maximum absolute atomic E-state index is 6.13. The van der Waals surface area contributed by atoms with Crippen LogP contribution < -0.4 is 4.90 Å². The molecular weight excluding hydrogens is 224 g/mol. The summed E-state index contributed by atoms with van der Waals surface area (Å²) in [4.78, 5) is 5.59. The van der Waals surface area contributed by atoms with Crippen molar-refractivity contribution in [1.82, 2.24) is 4.98 Å². The lowest BCUT2D eigenvalue weighted by Crippen LogP contribution is -2.36. The number of aromatic amines is 1. The summed E-state index contributed by atoms with van der Waals surface area (Å²) in [6.45, 7) is 3.42. The van der Waals surface area contributed by atoms with Crippen LogP contribution in [0.25, 0.3) is 10.9 Å². The lowest BCUT2D eigenvalue weighted by atomic mass is 10.2. The number of hydrogen-bond acceptors (Lipinski definition) is 2. The lowest BCUT2D eigenvalue weighted by molar-refractivity contribution is 0.123. The van der Waals surface area contributed by atoms with Crippen LogP contribution in [-0.2, 0) is 4.74 Å². The Bertz CT molecular complexity index is 503. The number of anilines is 1. The lowest BCUT2D eigenvalue weighted by Gasteiger charge is -2.29. The third kappa shape index (κ3) is 1.66. The molecule has 4 heteroatoms. The first kappa shape index (κ1) is 10.00. The van der Waals surface area contributed by atoms with Crippen molar-refractivity contribution in [3.63, 3.8) is 0 Å². The molecule has 3 rings (SSSR count). The number of nitrogens with one attached hydrogen (secondary N) is 1. The number of halogens is 1. The highest BCUT2D eigenvalue weighted by Gasteiger charge is 2.15. The zero-order chi connectivity index (χ0) is 11.0. The molecule has 1 aliphatic rings. The van der Waals surface area contributed by atoms with E-state index in [1.807, 2.05) is 24.4 Å². The number of morpholine rings is 1. The molecule has 1 aromatic heterocycles. The fraction of sp³-hybridized carbons (Fsp3) is 0.333. The summed E-state index contributed by atoms with van der Waals surface area (Å²) in [6, 6.07) is 6.05. The van der Waals surface area contributed by atoms with Crippen LogP contribution in [0.15, 0.2) is 24.4 Å². The third-order valence-electron chi connectivity index (χ3n) is 2.96. The number of ether oxygens (including phenoxy) is 1. The molecule has 0 unspecified atom stereocenters. The zero-order valence-electron chi connectivity index (χ0n) is 8.87. The summed E-state index contributed by atoms with van der Waals surface area (Å²) >= 11 is 6.13. The van der Waals surface area contributed by atoms with Gasteiger partial charge in [-0.25, -0.2) is 0 Å². The molecule has 1 saturated heterocycles. The molecule has 0 atom stereocenters. The molecule has 0 aliphatic carbocycles. The average molecular weight is 237 g/mol. The number of benzene rings is 1. The molecule has 0 saturated carbocycles. The van der Waals surface area contributed by atoms with E-state index in [0.717, 1.165) is 42.2 Å². The molecule has 1 aliphatic heterocycles. The number of hydrogen-bond donors (Lipinski definition) is 1. The molecular formula is C12H13ClN2O. The first-order valence-corrected chi connectivity index (χ1v) is 5.82. The van der Waals surface area contributed by atoms with Crippen molar-refractivity contribution in [2.75, 3.05) is 31.2 Å². The van der Waals surface area contributed by atoms with Gasteiger partial charge in [-0.3, -0.25) is 0 Å². The third-order valence-corrected chi connectivity index (χ3v) is 3.17. The fourth-order valence-corrected chi connectivity index (χ4v) is 2.39. The number of fused-ring (bicyclic) bond motifs is 1. The highest BCUT2D eigenvalue weighted by Crippen LogP contribution is 2.30. The molecule has 2 heterocycles. The largest absolute Gasteiger partial charge is 0.378 e. The van der Waals surface area contributed by atoms with Crippen molar-refractivity contribution in [3.05, 3.63) is 29.4 Å². The van der Waals surface area contributed by atoms with Crippen molar-refractivity contribution in [1.29, 1.82) is 0 Å². The van der Waals surface area contributed by atoms with Crippen molar-refractivity contribution < 1.29 is 4.74 Å². The Labute approximate surface area is 99.0 Å². The molecule has 2 aromatic rings. The molecule has 1 aromatic carbocycles. The van der Waals surface area contributed by atoms with Gasteiger partial charge in [0.1, 0.15) is 0 Å². The van der Waals surface area contributed by atoms with Crippen LogP contribution in [0, 0.1) is 0 Å². The van der Waals surface area contributed by atoms with Gasteiger partial charge in [0.05, 0.1) is 24.4 Å². The Morgan fingerprint density at radius 1 is 1.25 bits per heavy atom. The van der Waals surface area contributed by atoms with E-state index < -0.39 is 0 Å². The van der Waals surface area contributed by atoms with Crippen molar-refractivity contribution in [3.8, 4) is 0 Å². The van der Waals surface area contributed by atoms with Crippen molar-refractivity contribution in [2.45, 2.75) is 0 Å². The monoisotopic (exact) mass is 236 g/mol. The van der Waals surface area contributed by atoms with Gasteiger partial charge in [0.25, 0.3) is 0 Å². The molecule has 1 N–H and O–H groups in total. The van der Waals surface area contributed by atoms with Gasteiger partial charge in [-0.05, 0) is 18.2 Å². The molecule has 0 radical (unpaired) electrons. The van der Waals surface area contributed by atoms with Gasteiger partial charge in [0.2, 0.25) is 0 Å². The van der Waals surface area contributed by atoms with E-state index in [1.54, 1.807) is 0 Å². The SMILES string of the molecule is Clc1cc(N2CCOCC2)c2[nH]ccc2c1. The van der Waals surface area contributed by atoms with E-state index >= 15 is 0 Å². The second kappa shape index (κ2) is 4.00. The topological polar surface area (TPSA) is 28.3 Å². The first-order valence-electron chi connectivity index (χ1n) is 5.44.